The molecule has 146 valence electrons. The van der Waals surface area contributed by atoms with Crippen molar-refractivity contribution in [2.45, 2.75) is 39.3 Å². The van der Waals surface area contributed by atoms with Gasteiger partial charge in [0.1, 0.15) is 5.82 Å². The number of rotatable bonds is 6. The fourth-order valence-corrected chi connectivity index (χ4v) is 3.94. The number of piperidine rings is 1. The number of likely N-dealkylation sites (tertiary alicyclic amines) is 1. The molecule has 0 radical (unpaired) electrons. The summed E-state index contributed by atoms with van der Waals surface area (Å²) in [5, 5.41) is 0. The van der Waals surface area contributed by atoms with E-state index in [0.717, 1.165) is 56.8 Å². The zero-order chi connectivity index (χ0) is 19.3. The largest absolute Gasteiger partial charge is 0.339 e. The van der Waals surface area contributed by atoms with Gasteiger partial charge in [-0.05, 0) is 36.5 Å². The SMILES string of the molecule is CCc1nccn1CC1CCN(C(=O)c2ccc(Cn3ccnc3)cc2)CC1. The van der Waals surface area contributed by atoms with E-state index in [4.69, 9.17) is 0 Å². The van der Waals surface area contributed by atoms with Crippen LogP contribution in [0.5, 0.6) is 0 Å². The van der Waals surface area contributed by atoms with E-state index in [1.54, 1.807) is 12.5 Å². The highest BCUT2D eigenvalue weighted by Gasteiger charge is 2.24. The minimum absolute atomic E-state index is 0.143. The van der Waals surface area contributed by atoms with Crippen LogP contribution in [0.15, 0.2) is 55.4 Å². The lowest BCUT2D eigenvalue weighted by atomic mass is 9.96. The van der Waals surface area contributed by atoms with Gasteiger partial charge >= 0.3 is 0 Å². The van der Waals surface area contributed by atoms with Crippen molar-refractivity contribution in [2.24, 2.45) is 5.92 Å². The van der Waals surface area contributed by atoms with Gasteiger partial charge in [-0.25, -0.2) is 9.97 Å². The third-order valence-electron chi connectivity index (χ3n) is 5.60. The molecule has 0 saturated carbocycles. The van der Waals surface area contributed by atoms with Crippen molar-refractivity contribution in [3.63, 3.8) is 0 Å². The highest BCUT2D eigenvalue weighted by atomic mass is 16.2. The van der Waals surface area contributed by atoms with Gasteiger partial charge in [0.05, 0.1) is 6.33 Å². The highest BCUT2D eigenvalue weighted by Crippen LogP contribution is 2.21. The molecule has 6 nitrogen and oxygen atoms in total. The summed E-state index contributed by atoms with van der Waals surface area (Å²) in [5.74, 6) is 1.90. The Balaban J connectivity index is 1.31. The van der Waals surface area contributed by atoms with Gasteiger partial charge in [0.2, 0.25) is 0 Å². The van der Waals surface area contributed by atoms with Crippen molar-refractivity contribution in [2.75, 3.05) is 13.1 Å². The summed E-state index contributed by atoms with van der Waals surface area (Å²) in [6.07, 6.45) is 12.5. The van der Waals surface area contributed by atoms with Crippen LogP contribution in [0.1, 0.15) is 41.5 Å². The molecule has 1 aliphatic rings. The van der Waals surface area contributed by atoms with Gasteiger partial charge in [0.15, 0.2) is 0 Å². The average Bonchev–Trinajstić information content (AvgIpc) is 3.40. The van der Waals surface area contributed by atoms with Crippen LogP contribution < -0.4 is 0 Å². The zero-order valence-electron chi connectivity index (χ0n) is 16.4. The van der Waals surface area contributed by atoms with Crippen LogP contribution >= 0.6 is 0 Å². The second-order valence-corrected chi connectivity index (χ2v) is 7.52. The van der Waals surface area contributed by atoms with E-state index in [1.165, 1.54) is 5.56 Å². The van der Waals surface area contributed by atoms with Crippen LogP contribution in [0, 0.1) is 5.92 Å². The van der Waals surface area contributed by atoms with Gasteiger partial charge in [-0.15, -0.1) is 0 Å². The molecule has 1 aromatic carbocycles. The van der Waals surface area contributed by atoms with Crippen molar-refractivity contribution in [3.8, 4) is 0 Å². The molecule has 1 fully saturated rings. The second-order valence-electron chi connectivity index (χ2n) is 7.52. The third-order valence-corrected chi connectivity index (χ3v) is 5.60. The number of nitrogens with zero attached hydrogens (tertiary/aromatic N) is 5. The molecule has 0 spiro atoms. The van der Waals surface area contributed by atoms with Crippen molar-refractivity contribution >= 4 is 5.91 Å². The van der Waals surface area contributed by atoms with Gasteiger partial charge in [-0.1, -0.05) is 19.1 Å². The maximum absolute atomic E-state index is 12.8. The number of hydrogen-bond acceptors (Lipinski definition) is 3. The smallest absolute Gasteiger partial charge is 0.253 e. The maximum Gasteiger partial charge on any atom is 0.253 e. The van der Waals surface area contributed by atoms with E-state index in [2.05, 4.69) is 27.7 Å². The molecule has 0 unspecified atom stereocenters. The Hall–Kier alpha value is -2.89. The quantitative estimate of drug-likeness (QED) is 0.663. The molecule has 0 atom stereocenters. The predicted octanol–water partition coefficient (Wildman–Crippen LogP) is 3.24. The molecule has 2 aromatic heterocycles. The van der Waals surface area contributed by atoms with Crippen LogP contribution in [0.4, 0.5) is 0 Å². The van der Waals surface area contributed by atoms with Crippen LogP contribution in [0.3, 0.4) is 0 Å². The van der Waals surface area contributed by atoms with Crippen LogP contribution in [-0.2, 0) is 19.5 Å². The van der Waals surface area contributed by atoms with Crippen LogP contribution in [-0.4, -0.2) is 43.0 Å². The molecule has 0 bridgehead atoms. The molecule has 1 amide bonds. The number of benzene rings is 1. The second kappa shape index (κ2) is 8.42. The Morgan fingerprint density at radius 3 is 2.57 bits per heavy atom. The third kappa shape index (κ3) is 4.16. The molecule has 1 saturated heterocycles. The molecule has 28 heavy (non-hydrogen) atoms. The molecule has 1 aliphatic heterocycles. The maximum atomic E-state index is 12.8. The topological polar surface area (TPSA) is 56.0 Å². The Labute approximate surface area is 165 Å². The van der Waals surface area contributed by atoms with E-state index < -0.39 is 0 Å². The van der Waals surface area contributed by atoms with Gasteiger partial charge < -0.3 is 14.0 Å². The first-order valence-corrected chi connectivity index (χ1v) is 10.1. The van der Waals surface area contributed by atoms with E-state index >= 15 is 0 Å². The molecule has 3 heterocycles. The lowest BCUT2D eigenvalue weighted by Crippen LogP contribution is -2.39. The van der Waals surface area contributed by atoms with Crippen molar-refractivity contribution in [3.05, 3.63) is 72.3 Å². The summed E-state index contributed by atoms with van der Waals surface area (Å²) in [5.41, 5.74) is 1.94. The minimum atomic E-state index is 0.143. The van der Waals surface area contributed by atoms with E-state index in [9.17, 15) is 4.79 Å². The van der Waals surface area contributed by atoms with Crippen molar-refractivity contribution in [1.82, 2.24) is 24.0 Å². The van der Waals surface area contributed by atoms with Gasteiger partial charge in [0.25, 0.3) is 5.91 Å². The first-order chi connectivity index (χ1) is 13.7. The molecule has 0 N–H and O–H groups in total. The monoisotopic (exact) mass is 377 g/mol. The Bertz CT molecular complexity index is 889. The summed E-state index contributed by atoms with van der Waals surface area (Å²) in [6, 6.07) is 7.95. The van der Waals surface area contributed by atoms with E-state index in [1.807, 2.05) is 46.1 Å². The number of carbonyl (C=O) groups excluding carboxylic acids is 1. The van der Waals surface area contributed by atoms with Gasteiger partial charge in [-0.3, -0.25) is 4.79 Å². The fourth-order valence-electron chi connectivity index (χ4n) is 3.94. The Kier molecular flexibility index (Phi) is 5.55. The molecule has 3 aromatic rings. The summed E-state index contributed by atoms with van der Waals surface area (Å²) in [7, 11) is 0. The van der Waals surface area contributed by atoms with E-state index in [0.29, 0.717) is 5.92 Å². The number of amides is 1. The zero-order valence-corrected chi connectivity index (χ0v) is 16.4. The molecule has 0 aliphatic carbocycles. The number of imidazole rings is 2. The molecular weight excluding hydrogens is 350 g/mol. The van der Waals surface area contributed by atoms with Crippen molar-refractivity contribution < 1.29 is 4.79 Å². The standard InChI is InChI=1S/C22H27N5O/c1-2-21-24-10-14-27(21)16-19-7-11-26(12-8-19)22(28)20-5-3-18(4-6-20)15-25-13-9-23-17-25/h3-6,9-10,13-14,17,19H,2,7-8,11-12,15-16H2,1H3. The minimum Gasteiger partial charge on any atom is -0.339 e. The fraction of sp³-hybridized carbons (Fsp3) is 0.409. The Morgan fingerprint density at radius 1 is 1.11 bits per heavy atom. The first kappa shape index (κ1) is 18.5. The van der Waals surface area contributed by atoms with Crippen LogP contribution in [0.2, 0.25) is 0 Å². The number of hydrogen-bond donors (Lipinski definition) is 0. The normalized spacial score (nSPS) is 15.1. The number of aryl methyl sites for hydroxylation is 1. The Morgan fingerprint density at radius 2 is 1.89 bits per heavy atom. The van der Waals surface area contributed by atoms with Crippen molar-refractivity contribution in [1.29, 1.82) is 0 Å². The molecular formula is C22H27N5O. The van der Waals surface area contributed by atoms with E-state index in [-0.39, 0.29) is 5.91 Å². The van der Waals surface area contributed by atoms with Gasteiger partial charge in [0, 0.05) is 63.0 Å². The van der Waals surface area contributed by atoms with Crippen LogP contribution in [0.25, 0.3) is 0 Å². The first-order valence-electron chi connectivity index (χ1n) is 10.1. The summed E-state index contributed by atoms with van der Waals surface area (Å²) in [6.45, 7) is 5.58. The summed E-state index contributed by atoms with van der Waals surface area (Å²) in [4.78, 5) is 23.3. The van der Waals surface area contributed by atoms with Gasteiger partial charge in [-0.2, -0.15) is 0 Å². The summed E-state index contributed by atoms with van der Waals surface area (Å²) >= 11 is 0. The molecule has 4 rings (SSSR count). The lowest BCUT2D eigenvalue weighted by Gasteiger charge is -2.32. The lowest BCUT2D eigenvalue weighted by molar-refractivity contribution is 0.0682. The molecule has 6 heteroatoms. The predicted molar refractivity (Wildman–Crippen MR) is 108 cm³/mol. The highest BCUT2D eigenvalue weighted by molar-refractivity contribution is 5.94. The average molecular weight is 377 g/mol. The summed E-state index contributed by atoms with van der Waals surface area (Å²) < 4.78 is 4.28. The number of aromatic nitrogens is 4. The number of carbonyl (C=O) groups is 1.